The van der Waals surface area contributed by atoms with Gasteiger partial charge in [0, 0.05) is 6.04 Å². The molecule has 25 heavy (non-hydrogen) atoms. The third-order valence-electron chi connectivity index (χ3n) is 4.40. The molecule has 0 saturated heterocycles. The van der Waals surface area contributed by atoms with Crippen LogP contribution in [0, 0.1) is 0 Å². The molecule has 0 fully saturated rings. The molecule has 0 radical (unpaired) electrons. The van der Waals surface area contributed by atoms with Gasteiger partial charge in [-0.25, -0.2) is 4.79 Å². The number of carboxylic acid groups (broad SMARTS) is 1. The van der Waals surface area contributed by atoms with Gasteiger partial charge in [0.15, 0.2) is 0 Å². The first kappa shape index (κ1) is 21.2. The summed E-state index contributed by atoms with van der Waals surface area (Å²) >= 11 is 0. The summed E-state index contributed by atoms with van der Waals surface area (Å²) in [5.41, 5.74) is 2.49. The lowest BCUT2D eigenvalue weighted by Gasteiger charge is -2.26. The molecule has 0 heterocycles. The SMILES string of the molecule is CCCCC(CC)NC(c1ccccc1)c1cccc(C(=O)O)c1.Cl. The van der Waals surface area contributed by atoms with E-state index in [-0.39, 0.29) is 18.4 Å². The molecule has 2 aromatic carbocycles. The molecular formula is C21H28ClNO2. The fraction of sp³-hybridized carbons (Fsp3) is 0.381. The normalized spacial score (nSPS) is 12.9. The van der Waals surface area contributed by atoms with Crippen molar-refractivity contribution in [2.75, 3.05) is 0 Å². The summed E-state index contributed by atoms with van der Waals surface area (Å²) in [6.07, 6.45) is 4.57. The van der Waals surface area contributed by atoms with Crippen LogP contribution in [0.5, 0.6) is 0 Å². The van der Waals surface area contributed by atoms with Crippen molar-refractivity contribution >= 4 is 18.4 Å². The van der Waals surface area contributed by atoms with Crippen LogP contribution in [-0.4, -0.2) is 17.1 Å². The number of benzene rings is 2. The lowest BCUT2D eigenvalue weighted by atomic mass is 9.95. The van der Waals surface area contributed by atoms with Crippen molar-refractivity contribution in [3.63, 3.8) is 0 Å². The van der Waals surface area contributed by atoms with Crippen molar-refractivity contribution in [2.45, 2.75) is 51.6 Å². The van der Waals surface area contributed by atoms with Crippen LogP contribution in [0.4, 0.5) is 0 Å². The Bertz CT molecular complexity index is 645. The molecule has 2 N–H and O–H groups in total. The Kier molecular flexibility index (Phi) is 9.25. The van der Waals surface area contributed by atoms with E-state index in [4.69, 9.17) is 0 Å². The van der Waals surface area contributed by atoms with Crippen molar-refractivity contribution < 1.29 is 9.90 Å². The van der Waals surface area contributed by atoms with Crippen molar-refractivity contribution in [2.24, 2.45) is 0 Å². The van der Waals surface area contributed by atoms with Crippen molar-refractivity contribution in [1.29, 1.82) is 0 Å². The van der Waals surface area contributed by atoms with Gasteiger partial charge in [-0.15, -0.1) is 12.4 Å². The minimum Gasteiger partial charge on any atom is -0.478 e. The maximum absolute atomic E-state index is 11.3. The number of nitrogens with one attached hydrogen (secondary N) is 1. The highest BCUT2D eigenvalue weighted by atomic mass is 35.5. The molecule has 0 spiro atoms. The second-order valence-electron chi connectivity index (χ2n) is 6.19. The first-order chi connectivity index (χ1) is 11.7. The summed E-state index contributed by atoms with van der Waals surface area (Å²) in [6.45, 7) is 4.40. The summed E-state index contributed by atoms with van der Waals surface area (Å²) < 4.78 is 0. The molecule has 3 nitrogen and oxygen atoms in total. The second-order valence-corrected chi connectivity index (χ2v) is 6.19. The number of carboxylic acids is 1. The Hall–Kier alpha value is -1.84. The largest absolute Gasteiger partial charge is 0.478 e. The molecule has 0 aliphatic heterocycles. The van der Waals surface area contributed by atoms with E-state index in [9.17, 15) is 9.90 Å². The molecular weight excluding hydrogens is 334 g/mol. The van der Waals surface area contributed by atoms with E-state index in [2.05, 4.69) is 31.3 Å². The van der Waals surface area contributed by atoms with Crippen LogP contribution in [0.15, 0.2) is 54.6 Å². The van der Waals surface area contributed by atoms with E-state index < -0.39 is 5.97 Å². The molecule has 0 aliphatic carbocycles. The lowest BCUT2D eigenvalue weighted by molar-refractivity contribution is 0.0696. The number of hydrogen-bond donors (Lipinski definition) is 2. The average Bonchev–Trinajstić information content (AvgIpc) is 2.63. The van der Waals surface area contributed by atoms with Gasteiger partial charge in [0.25, 0.3) is 0 Å². The van der Waals surface area contributed by atoms with Crippen LogP contribution in [0.25, 0.3) is 0 Å². The third-order valence-corrected chi connectivity index (χ3v) is 4.40. The van der Waals surface area contributed by atoms with Crippen molar-refractivity contribution in [3.05, 3.63) is 71.3 Å². The van der Waals surface area contributed by atoms with Crippen LogP contribution < -0.4 is 5.32 Å². The van der Waals surface area contributed by atoms with Crippen LogP contribution in [0.1, 0.15) is 67.1 Å². The average molecular weight is 362 g/mol. The first-order valence-electron chi connectivity index (χ1n) is 8.80. The van der Waals surface area contributed by atoms with Gasteiger partial charge in [-0.1, -0.05) is 69.2 Å². The smallest absolute Gasteiger partial charge is 0.335 e. The highest BCUT2D eigenvalue weighted by Crippen LogP contribution is 2.25. The van der Waals surface area contributed by atoms with Crippen LogP contribution in [0.3, 0.4) is 0 Å². The fourth-order valence-corrected chi connectivity index (χ4v) is 2.97. The summed E-state index contributed by atoms with van der Waals surface area (Å²) in [4.78, 5) is 11.3. The lowest BCUT2D eigenvalue weighted by Crippen LogP contribution is -2.33. The van der Waals surface area contributed by atoms with Gasteiger partial charge >= 0.3 is 5.97 Å². The zero-order valence-electron chi connectivity index (χ0n) is 14.9. The van der Waals surface area contributed by atoms with Gasteiger partial charge in [0.05, 0.1) is 11.6 Å². The maximum Gasteiger partial charge on any atom is 0.335 e. The summed E-state index contributed by atoms with van der Waals surface area (Å²) in [5, 5.41) is 13.0. The monoisotopic (exact) mass is 361 g/mol. The van der Waals surface area contributed by atoms with Crippen LogP contribution in [0.2, 0.25) is 0 Å². The van der Waals surface area contributed by atoms with Crippen LogP contribution in [-0.2, 0) is 0 Å². The number of aromatic carboxylic acids is 1. The van der Waals surface area contributed by atoms with Gasteiger partial charge < -0.3 is 10.4 Å². The molecule has 136 valence electrons. The first-order valence-corrected chi connectivity index (χ1v) is 8.80. The molecule has 0 saturated carbocycles. The number of hydrogen-bond acceptors (Lipinski definition) is 2. The molecule has 4 heteroatoms. The van der Waals surface area contributed by atoms with Crippen LogP contribution >= 0.6 is 12.4 Å². The second kappa shape index (κ2) is 10.9. The van der Waals surface area contributed by atoms with Gasteiger partial charge in [0.2, 0.25) is 0 Å². The summed E-state index contributed by atoms with van der Waals surface area (Å²) in [6, 6.07) is 17.9. The van der Waals surface area contributed by atoms with E-state index in [0.717, 1.165) is 24.0 Å². The number of unbranched alkanes of at least 4 members (excludes halogenated alkanes) is 1. The number of halogens is 1. The highest BCUT2D eigenvalue weighted by molar-refractivity contribution is 5.87. The van der Waals surface area contributed by atoms with E-state index in [0.29, 0.717) is 11.6 Å². The predicted octanol–water partition coefficient (Wildman–Crippen LogP) is 5.45. The molecule has 2 rings (SSSR count). The van der Waals surface area contributed by atoms with Gasteiger partial charge in [-0.3, -0.25) is 0 Å². The van der Waals surface area contributed by atoms with E-state index >= 15 is 0 Å². The topological polar surface area (TPSA) is 49.3 Å². The summed E-state index contributed by atoms with van der Waals surface area (Å²) in [5.74, 6) is -0.887. The Morgan fingerprint density at radius 1 is 1.04 bits per heavy atom. The molecule has 2 aromatic rings. The Balaban J connectivity index is 0.00000312. The number of rotatable bonds is 9. The van der Waals surface area contributed by atoms with E-state index in [1.54, 1.807) is 12.1 Å². The third kappa shape index (κ3) is 6.18. The Morgan fingerprint density at radius 2 is 1.72 bits per heavy atom. The zero-order valence-corrected chi connectivity index (χ0v) is 15.8. The van der Waals surface area contributed by atoms with Crippen molar-refractivity contribution in [1.82, 2.24) is 5.32 Å². The standard InChI is InChI=1S/C21H27NO2.ClH/c1-3-5-14-19(4-2)22-20(16-10-7-6-8-11-16)17-12-9-13-18(15-17)21(23)24;/h6-13,15,19-20,22H,3-5,14H2,1-2H3,(H,23,24);1H. The van der Waals surface area contributed by atoms with Gasteiger partial charge in [0.1, 0.15) is 0 Å². The Labute approximate surface area is 156 Å². The molecule has 0 aromatic heterocycles. The maximum atomic E-state index is 11.3. The molecule has 0 bridgehead atoms. The molecule has 2 unspecified atom stereocenters. The molecule has 0 amide bonds. The quantitative estimate of drug-likeness (QED) is 0.624. The Morgan fingerprint density at radius 3 is 2.32 bits per heavy atom. The minimum atomic E-state index is -0.887. The summed E-state index contributed by atoms with van der Waals surface area (Å²) in [7, 11) is 0. The molecule has 0 aliphatic rings. The van der Waals surface area contributed by atoms with E-state index in [1.165, 1.54) is 12.8 Å². The number of carbonyl (C=O) groups is 1. The van der Waals surface area contributed by atoms with Gasteiger partial charge in [-0.2, -0.15) is 0 Å². The van der Waals surface area contributed by atoms with Crippen molar-refractivity contribution in [3.8, 4) is 0 Å². The van der Waals surface area contributed by atoms with Gasteiger partial charge in [-0.05, 0) is 36.1 Å². The molecule has 2 atom stereocenters. The fourth-order valence-electron chi connectivity index (χ4n) is 2.97. The highest BCUT2D eigenvalue weighted by Gasteiger charge is 2.18. The predicted molar refractivity (Wildman–Crippen MR) is 106 cm³/mol. The zero-order chi connectivity index (χ0) is 17.4. The van der Waals surface area contributed by atoms with E-state index in [1.807, 2.05) is 30.3 Å². The minimum absolute atomic E-state index is 0.